The normalized spacial score (nSPS) is 6.67. The van der Waals surface area contributed by atoms with Crippen LogP contribution in [0, 0.1) is 0 Å². The fourth-order valence-corrected chi connectivity index (χ4v) is 0. The summed E-state index contributed by atoms with van der Waals surface area (Å²) < 4.78 is 0. The van der Waals surface area contributed by atoms with Crippen molar-refractivity contribution in [1.82, 2.24) is 0 Å². The van der Waals surface area contributed by atoms with Crippen LogP contribution in [0.3, 0.4) is 0 Å². The Hall–Kier alpha value is 3.86. The molecule has 0 radical (unpaired) electrons. The summed E-state index contributed by atoms with van der Waals surface area (Å²) in [4.78, 5) is 29.3. The summed E-state index contributed by atoms with van der Waals surface area (Å²) in [7, 11) is -4.61. The Balaban J connectivity index is -0.00000000178. The van der Waals surface area contributed by atoms with E-state index in [1.165, 1.54) is 0 Å². The molecule has 0 rings (SSSR count). The third-order valence-corrected chi connectivity index (χ3v) is 0. The number of rotatable bonds is 0. The van der Waals surface area contributed by atoms with Gasteiger partial charge in [0.2, 0.25) is 0 Å². The monoisotopic (exact) mass is 262 g/mol. The van der Waals surface area contributed by atoms with E-state index in [0.717, 1.165) is 0 Å². The molecule has 9 heteroatoms. The Morgan fingerprint density at radius 3 is 0.889 bits per heavy atom. The molecule has 52 valence electrons. The SMILES string of the molecule is O[Si](O)(O)O.[Ca+2].[Ca+2].[Fe].[H-].[H-].[H-].[H-].[H-].[H-].[Mg+2]. The van der Waals surface area contributed by atoms with Crippen molar-refractivity contribution in [2.45, 2.75) is 0 Å². The molecule has 0 unspecified atom stereocenters. The largest absolute Gasteiger partial charge is 2.00 e. The maximum Gasteiger partial charge on any atom is 2.00 e. The molecular formula is H10Ca2FeMgO4Si. The van der Waals surface area contributed by atoms with Gasteiger partial charge < -0.3 is 27.7 Å². The van der Waals surface area contributed by atoms with Crippen LogP contribution in [-0.4, -0.2) is 127 Å². The van der Waals surface area contributed by atoms with E-state index in [-0.39, 0.29) is 124 Å². The zero-order valence-electron chi connectivity index (χ0n) is 10.8. The molecule has 9 heavy (non-hydrogen) atoms. The van der Waals surface area contributed by atoms with E-state index in [0.29, 0.717) is 0 Å². The molecule has 0 aromatic heterocycles. The topological polar surface area (TPSA) is 80.9 Å². The van der Waals surface area contributed by atoms with E-state index < -0.39 is 9.05 Å². The summed E-state index contributed by atoms with van der Waals surface area (Å²) in [5.41, 5.74) is 0. The van der Waals surface area contributed by atoms with Crippen molar-refractivity contribution in [3.05, 3.63) is 0 Å². The quantitative estimate of drug-likeness (QED) is 0.349. The molecule has 0 fully saturated rings. The van der Waals surface area contributed by atoms with Crippen LogP contribution in [0.5, 0.6) is 0 Å². The van der Waals surface area contributed by atoms with E-state index >= 15 is 0 Å². The average molecular weight is 262 g/mol. The minimum Gasteiger partial charge on any atom is -1.00 e. The van der Waals surface area contributed by atoms with Crippen molar-refractivity contribution >= 4 is 108 Å². The second-order valence-electron chi connectivity index (χ2n) is 0.600. The van der Waals surface area contributed by atoms with Gasteiger partial charge in [-0.25, -0.2) is 0 Å². The van der Waals surface area contributed by atoms with Crippen LogP contribution in [-0.2, 0) is 17.1 Å². The van der Waals surface area contributed by atoms with Crippen molar-refractivity contribution in [2.75, 3.05) is 0 Å². The predicted octanol–water partition coefficient (Wildman–Crippen LogP) is -3.08. The van der Waals surface area contributed by atoms with Gasteiger partial charge in [-0.3, -0.25) is 0 Å². The summed E-state index contributed by atoms with van der Waals surface area (Å²) in [6.07, 6.45) is 0. The molecule has 4 nitrogen and oxygen atoms in total. The van der Waals surface area contributed by atoms with E-state index in [1.807, 2.05) is 0 Å². The summed E-state index contributed by atoms with van der Waals surface area (Å²) in [5.74, 6) is 0. The molecule has 0 saturated heterocycles. The number of hydrogen-bond acceptors (Lipinski definition) is 4. The molecule has 0 aliphatic heterocycles. The molecule has 0 aromatic rings. The van der Waals surface area contributed by atoms with E-state index in [9.17, 15) is 0 Å². The van der Waals surface area contributed by atoms with Crippen LogP contribution in [0.15, 0.2) is 0 Å². The van der Waals surface area contributed by atoms with E-state index in [4.69, 9.17) is 19.2 Å². The van der Waals surface area contributed by atoms with Gasteiger partial charge in [0.15, 0.2) is 0 Å². The van der Waals surface area contributed by atoms with Gasteiger partial charge in [-0.1, -0.05) is 0 Å². The van der Waals surface area contributed by atoms with Crippen LogP contribution >= 0.6 is 0 Å². The Kier molecular flexibility index (Phi) is 46.8. The molecule has 0 amide bonds. The Labute approximate surface area is 149 Å². The molecule has 0 aromatic carbocycles. The van der Waals surface area contributed by atoms with Crippen LogP contribution in [0.25, 0.3) is 0 Å². The molecular weight excluding hydrogens is 252 g/mol. The van der Waals surface area contributed by atoms with Gasteiger partial charge in [0.25, 0.3) is 0 Å². The zero-order chi connectivity index (χ0) is 4.50. The van der Waals surface area contributed by atoms with Crippen molar-refractivity contribution in [3.8, 4) is 0 Å². The molecule has 0 heterocycles. The molecule has 0 aliphatic carbocycles. The Morgan fingerprint density at radius 2 is 0.889 bits per heavy atom. The minimum atomic E-state index is -4.61. The van der Waals surface area contributed by atoms with Gasteiger partial charge in [-0.05, 0) is 0 Å². The molecule has 0 bridgehead atoms. The Bertz CT molecular complexity index is 48.6. The first kappa shape index (κ1) is 29.3. The third kappa shape index (κ3) is 77.3. The maximum absolute atomic E-state index is 7.33. The second kappa shape index (κ2) is 14.4. The standard InChI is InChI=1S/2Ca.Fe.Mg.H4O4Si.6H/c;;;;1-5(2,3)4;;;;;;/h;;;;1-4H;;;;;;/q2*+2;;+2;;6*-1. The van der Waals surface area contributed by atoms with Gasteiger partial charge in [-0.2, -0.15) is 0 Å². The van der Waals surface area contributed by atoms with E-state index in [2.05, 4.69) is 0 Å². The summed E-state index contributed by atoms with van der Waals surface area (Å²) >= 11 is 0. The molecule has 4 N–H and O–H groups in total. The summed E-state index contributed by atoms with van der Waals surface area (Å²) in [6, 6.07) is 0. The zero-order valence-corrected chi connectivity index (χ0v) is 12.7. The fraction of sp³-hybridized carbons (Fsp3) is 0. The smallest absolute Gasteiger partial charge is 1.00 e. The fourth-order valence-electron chi connectivity index (χ4n) is 0. The summed E-state index contributed by atoms with van der Waals surface area (Å²) in [6.45, 7) is 0. The van der Waals surface area contributed by atoms with Crippen molar-refractivity contribution in [1.29, 1.82) is 0 Å². The van der Waals surface area contributed by atoms with Crippen LogP contribution in [0.2, 0.25) is 0 Å². The van der Waals surface area contributed by atoms with Crippen LogP contribution in [0.1, 0.15) is 8.56 Å². The molecule has 0 atom stereocenters. The van der Waals surface area contributed by atoms with Gasteiger partial charge in [-0.15, -0.1) is 0 Å². The van der Waals surface area contributed by atoms with Crippen LogP contribution in [0.4, 0.5) is 0 Å². The first-order chi connectivity index (χ1) is 2.00. The number of hydrogen-bond donors (Lipinski definition) is 4. The molecule has 0 saturated carbocycles. The second-order valence-corrected chi connectivity index (χ2v) is 1.80. The van der Waals surface area contributed by atoms with Gasteiger partial charge >= 0.3 is 108 Å². The van der Waals surface area contributed by atoms with E-state index in [1.54, 1.807) is 0 Å². The predicted molar refractivity (Wildman–Crippen MR) is 38.6 cm³/mol. The van der Waals surface area contributed by atoms with Gasteiger partial charge in [0.1, 0.15) is 0 Å². The van der Waals surface area contributed by atoms with Gasteiger partial charge in [0.05, 0.1) is 0 Å². The van der Waals surface area contributed by atoms with Crippen molar-refractivity contribution in [2.24, 2.45) is 0 Å². The first-order valence-electron chi connectivity index (χ1n) is 0.894. The summed E-state index contributed by atoms with van der Waals surface area (Å²) in [5, 5.41) is 0. The maximum atomic E-state index is 7.33. The van der Waals surface area contributed by atoms with Gasteiger partial charge in [0, 0.05) is 17.1 Å². The third-order valence-electron chi connectivity index (χ3n) is 0. The van der Waals surface area contributed by atoms with Crippen LogP contribution < -0.4 is 0 Å². The molecule has 0 spiro atoms. The minimum absolute atomic E-state index is 0. The first-order valence-corrected chi connectivity index (χ1v) is 2.68. The average Bonchev–Trinajstić information content (AvgIpc) is 0.722. The molecule has 0 aliphatic rings. The Morgan fingerprint density at radius 1 is 0.889 bits per heavy atom. The van der Waals surface area contributed by atoms with Crippen molar-refractivity contribution in [3.63, 3.8) is 0 Å². The van der Waals surface area contributed by atoms with Crippen molar-refractivity contribution < 1.29 is 44.8 Å².